The molecule has 0 saturated carbocycles. The van der Waals surface area contributed by atoms with E-state index in [1.807, 2.05) is 24.3 Å². The molecule has 0 aliphatic carbocycles. The largest absolute Gasteiger partial charge is 0.497 e. The van der Waals surface area contributed by atoms with Gasteiger partial charge in [-0.05, 0) is 56.4 Å². The smallest absolute Gasteiger partial charge is 0.262 e. The number of aromatic nitrogens is 2. The summed E-state index contributed by atoms with van der Waals surface area (Å²) in [6.45, 7) is 2.84. The number of anilines is 2. The molecule has 0 atom stereocenters. The predicted molar refractivity (Wildman–Crippen MR) is 137 cm³/mol. The highest BCUT2D eigenvalue weighted by molar-refractivity contribution is 6.10. The molecule has 2 fully saturated rings. The van der Waals surface area contributed by atoms with Crippen LogP contribution < -0.4 is 14.5 Å². The third-order valence-electron chi connectivity index (χ3n) is 6.88. The Balaban J connectivity index is 1.61. The van der Waals surface area contributed by atoms with E-state index in [1.54, 1.807) is 36.4 Å². The van der Waals surface area contributed by atoms with Crippen molar-refractivity contribution >= 4 is 17.5 Å². The number of benzene rings is 2. The molecule has 0 radical (unpaired) electrons. The molecule has 1 amide bonds. The third kappa shape index (κ3) is 5.04. The zero-order valence-electron chi connectivity index (χ0n) is 20.5. The molecule has 2 saturated heterocycles. The van der Waals surface area contributed by atoms with Crippen molar-refractivity contribution in [2.45, 2.75) is 38.1 Å². The van der Waals surface area contributed by atoms with Crippen molar-refractivity contribution in [3.8, 4) is 17.0 Å². The Morgan fingerprint density at radius 1 is 1.08 bits per heavy atom. The number of carbonyl (C=O) groups is 1. The van der Waals surface area contributed by atoms with Crippen LogP contribution in [0.5, 0.6) is 5.75 Å². The van der Waals surface area contributed by atoms with Gasteiger partial charge in [0.15, 0.2) is 0 Å². The summed E-state index contributed by atoms with van der Waals surface area (Å²) in [6.07, 6.45) is 6.26. The molecule has 188 valence electrons. The van der Waals surface area contributed by atoms with Crippen LogP contribution >= 0.6 is 0 Å². The Hall–Kier alpha value is -3.52. The van der Waals surface area contributed by atoms with E-state index in [4.69, 9.17) is 14.5 Å². The quantitative estimate of drug-likeness (QED) is 0.479. The number of rotatable bonds is 6. The molecule has 0 bridgehead atoms. The van der Waals surface area contributed by atoms with Crippen LogP contribution in [-0.4, -0.2) is 55.3 Å². The number of nitrogens with zero attached hydrogens (tertiary/aromatic N) is 4. The van der Waals surface area contributed by atoms with Gasteiger partial charge in [-0.1, -0.05) is 18.2 Å². The van der Waals surface area contributed by atoms with Crippen molar-refractivity contribution in [3.63, 3.8) is 0 Å². The maximum atomic E-state index is 15.0. The predicted octanol–water partition coefficient (Wildman–Crippen LogP) is 5.11. The first kappa shape index (κ1) is 24.2. The van der Waals surface area contributed by atoms with Gasteiger partial charge in [-0.15, -0.1) is 0 Å². The van der Waals surface area contributed by atoms with Gasteiger partial charge < -0.3 is 19.3 Å². The standard InChI is InChI=1S/C28H31FN4O3/c1-35-22-9-7-8-21(18-22)33(20-12-16-36-17-13-20)27(34)24-19-30-28(32-14-5-2-6-15-32)31-26(24)23-10-3-4-11-25(23)29/h3-4,7-11,18-20H,2,5-6,12-17H2,1H3. The monoisotopic (exact) mass is 490 g/mol. The van der Waals surface area contributed by atoms with Crippen LogP contribution in [0.3, 0.4) is 0 Å². The fraction of sp³-hybridized carbons (Fsp3) is 0.393. The number of methoxy groups -OCH3 is 1. The van der Waals surface area contributed by atoms with Crippen LogP contribution in [0.2, 0.25) is 0 Å². The van der Waals surface area contributed by atoms with Gasteiger partial charge in [0, 0.05) is 55.9 Å². The summed E-state index contributed by atoms with van der Waals surface area (Å²) in [4.78, 5) is 27.5. The van der Waals surface area contributed by atoms with Crippen LogP contribution in [0.4, 0.5) is 16.0 Å². The number of ether oxygens (including phenoxy) is 2. The minimum atomic E-state index is -0.422. The summed E-state index contributed by atoms with van der Waals surface area (Å²) in [6, 6.07) is 13.8. The Bertz CT molecular complexity index is 1210. The molecule has 1 aromatic heterocycles. The number of halogens is 1. The Kier molecular flexibility index (Phi) is 7.41. The summed E-state index contributed by atoms with van der Waals surface area (Å²) in [5.41, 5.74) is 1.59. The van der Waals surface area contributed by atoms with Gasteiger partial charge in [0.05, 0.1) is 18.4 Å². The second kappa shape index (κ2) is 11.0. The average Bonchev–Trinajstić information content (AvgIpc) is 2.94. The van der Waals surface area contributed by atoms with Gasteiger partial charge in [-0.2, -0.15) is 0 Å². The molecule has 0 spiro atoms. The first-order valence-corrected chi connectivity index (χ1v) is 12.6. The van der Waals surface area contributed by atoms with E-state index < -0.39 is 5.82 Å². The highest BCUT2D eigenvalue weighted by Gasteiger charge is 2.31. The van der Waals surface area contributed by atoms with E-state index in [2.05, 4.69) is 9.88 Å². The zero-order chi connectivity index (χ0) is 24.9. The van der Waals surface area contributed by atoms with Crippen molar-refractivity contribution < 1.29 is 18.7 Å². The lowest BCUT2D eigenvalue weighted by atomic mass is 10.0. The van der Waals surface area contributed by atoms with Gasteiger partial charge in [0.25, 0.3) is 5.91 Å². The van der Waals surface area contributed by atoms with Crippen molar-refractivity contribution in [1.82, 2.24) is 9.97 Å². The van der Waals surface area contributed by atoms with Gasteiger partial charge in [0.1, 0.15) is 11.6 Å². The van der Waals surface area contributed by atoms with Crippen molar-refractivity contribution in [2.75, 3.05) is 43.2 Å². The molecule has 7 nitrogen and oxygen atoms in total. The summed E-state index contributed by atoms with van der Waals surface area (Å²) in [5, 5.41) is 0. The minimum Gasteiger partial charge on any atom is -0.497 e. The number of hydrogen-bond acceptors (Lipinski definition) is 6. The average molecular weight is 491 g/mol. The Morgan fingerprint density at radius 2 is 1.86 bits per heavy atom. The molecular formula is C28H31FN4O3. The van der Waals surface area contributed by atoms with Crippen molar-refractivity contribution in [2.24, 2.45) is 0 Å². The van der Waals surface area contributed by atoms with Crippen LogP contribution in [0.15, 0.2) is 54.7 Å². The summed E-state index contributed by atoms with van der Waals surface area (Å²) < 4.78 is 26.0. The number of carbonyl (C=O) groups excluding carboxylic acids is 1. The number of amides is 1. The second-order valence-corrected chi connectivity index (χ2v) is 9.18. The van der Waals surface area contributed by atoms with Gasteiger partial charge in [-0.25, -0.2) is 14.4 Å². The van der Waals surface area contributed by atoms with E-state index in [0.717, 1.165) is 25.9 Å². The fourth-order valence-electron chi connectivity index (χ4n) is 4.96. The van der Waals surface area contributed by atoms with Gasteiger partial charge in [0.2, 0.25) is 5.95 Å². The normalized spacial score (nSPS) is 16.6. The summed E-state index contributed by atoms with van der Waals surface area (Å²) in [5.74, 6) is 0.499. The first-order chi connectivity index (χ1) is 17.7. The lowest BCUT2D eigenvalue weighted by Crippen LogP contribution is -2.44. The molecule has 3 aromatic rings. The molecule has 2 aromatic carbocycles. The molecule has 2 aliphatic heterocycles. The van der Waals surface area contributed by atoms with E-state index >= 15 is 4.39 Å². The van der Waals surface area contributed by atoms with Crippen LogP contribution in [-0.2, 0) is 4.74 Å². The van der Waals surface area contributed by atoms with E-state index in [0.29, 0.717) is 54.7 Å². The molecule has 0 unspecified atom stereocenters. The van der Waals surface area contributed by atoms with Crippen LogP contribution in [0.25, 0.3) is 11.3 Å². The molecule has 3 heterocycles. The lowest BCUT2D eigenvalue weighted by Gasteiger charge is -2.35. The van der Waals surface area contributed by atoms with Crippen molar-refractivity contribution in [3.05, 3.63) is 66.1 Å². The van der Waals surface area contributed by atoms with Crippen LogP contribution in [0, 0.1) is 5.82 Å². The second-order valence-electron chi connectivity index (χ2n) is 9.18. The zero-order valence-corrected chi connectivity index (χ0v) is 20.5. The topological polar surface area (TPSA) is 67.8 Å². The lowest BCUT2D eigenvalue weighted by molar-refractivity contribution is 0.0772. The number of hydrogen-bond donors (Lipinski definition) is 0. The van der Waals surface area contributed by atoms with Gasteiger partial charge >= 0.3 is 0 Å². The van der Waals surface area contributed by atoms with Crippen molar-refractivity contribution in [1.29, 1.82) is 0 Å². The maximum Gasteiger partial charge on any atom is 0.262 e. The number of piperidine rings is 1. The van der Waals surface area contributed by atoms with E-state index in [1.165, 1.54) is 12.5 Å². The SMILES string of the molecule is COc1cccc(N(C(=O)c2cnc(N3CCCCC3)nc2-c2ccccc2F)C2CCOCC2)c1. The van der Waals surface area contributed by atoms with Crippen LogP contribution in [0.1, 0.15) is 42.5 Å². The van der Waals surface area contributed by atoms with E-state index in [9.17, 15) is 4.79 Å². The maximum absolute atomic E-state index is 15.0. The summed E-state index contributed by atoms with van der Waals surface area (Å²) >= 11 is 0. The highest BCUT2D eigenvalue weighted by atomic mass is 19.1. The molecule has 36 heavy (non-hydrogen) atoms. The fourth-order valence-corrected chi connectivity index (χ4v) is 4.96. The Morgan fingerprint density at radius 3 is 2.61 bits per heavy atom. The molecular weight excluding hydrogens is 459 g/mol. The molecule has 2 aliphatic rings. The van der Waals surface area contributed by atoms with Gasteiger partial charge in [-0.3, -0.25) is 4.79 Å². The highest BCUT2D eigenvalue weighted by Crippen LogP contribution is 2.32. The molecule has 0 N–H and O–H groups in total. The summed E-state index contributed by atoms with van der Waals surface area (Å²) in [7, 11) is 1.60. The molecule has 8 heteroatoms. The minimum absolute atomic E-state index is 0.0754. The Labute approximate surface area is 210 Å². The first-order valence-electron chi connectivity index (χ1n) is 12.6. The molecule has 5 rings (SSSR count). The van der Waals surface area contributed by atoms with E-state index in [-0.39, 0.29) is 17.5 Å². The third-order valence-corrected chi connectivity index (χ3v) is 6.88.